The largest absolute Gasteiger partial charge is 0.497 e. The Kier molecular flexibility index (Phi) is 5.80. The second-order valence-electron chi connectivity index (χ2n) is 6.12. The first kappa shape index (κ1) is 18.6. The summed E-state index contributed by atoms with van der Waals surface area (Å²) >= 11 is 0. The number of halogens is 1. The number of benzene rings is 2. The summed E-state index contributed by atoms with van der Waals surface area (Å²) in [4.78, 5) is 18.2. The Bertz CT molecular complexity index is 892. The maximum Gasteiger partial charge on any atom is 0.227 e. The standard InChI is InChI=1S/C20H20FN3O3/c1-24(13-14-3-7-16(21)8-4-14)19(25)12-11-18-22-20(23-27-18)15-5-9-17(26-2)10-6-15/h3-10H,11-13H2,1-2H3. The van der Waals surface area contributed by atoms with Crippen molar-refractivity contribution < 1.29 is 18.4 Å². The summed E-state index contributed by atoms with van der Waals surface area (Å²) < 4.78 is 23.3. The van der Waals surface area contributed by atoms with Crippen LogP contribution in [-0.4, -0.2) is 35.1 Å². The number of rotatable bonds is 7. The highest BCUT2D eigenvalue weighted by Crippen LogP contribution is 2.20. The van der Waals surface area contributed by atoms with Crippen LogP contribution in [0.25, 0.3) is 11.4 Å². The van der Waals surface area contributed by atoms with Crippen molar-refractivity contribution in [3.63, 3.8) is 0 Å². The minimum atomic E-state index is -0.295. The predicted octanol–water partition coefficient (Wildman–Crippen LogP) is 3.48. The smallest absolute Gasteiger partial charge is 0.227 e. The molecule has 3 rings (SSSR count). The van der Waals surface area contributed by atoms with E-state index in [1.165, 1.54) is 12.1 Å². The highest BCUT2D eigenvalue weighted by atomic mass is 19.1. The molecule has 2 aromatic carbocycles. The molecule has 1 heterocycles. The van der Waals surface area contributed by atoms with Crippen molar-refractivity contribution in [2.75, 3.05) is 14.2 Å². The van der Waals surface area contributed by atoms with E-state index < -0.39 is 0 Å². The maximum absolute atomic E-state index is 12.9. The van der Waals surface area contributed by atoms with Crippen LogP contribution < -0.4 is 4.74 Å². The fraction of sp³-hybridized carbons (Fsp3) is 0.250. The summed E-state index contributed by atoms with van der Waals surface area (Å²) in [6.07, 6.45) is 0.609. The average molecular weight is 369 g/mol. The van der Waals surface area contributed by atoms with Crippen molar-refractivity contribution in [3.05, 3.63) is 65.8 Å². The van der Waals surface area contributed by atoms with Crippen LogP contribution in [0.3, 0.4) is 0 Å². The van der Waals surface area contributed by atoms with Gasteiger partial charge in [0.15, 0.2) is 0 Å². The van der Waals surface area contributed by atoms with E-state index in [0.29, 0.717) is 24.7 Å². The molecule has 0 saturated heterocycles. The molecule has 1 amide bonds. The van der Waals surface area contributed by atoms with Crippen LogP contribution in [0, 0.1) is 5.82 Å². The van der Waals surface area contributed by atoms with Gasteiger partial charge in [-0.05, 0) is 42.0 Å². The summed E-state index contributed by atoms with van der Waals surface area (Å²) in [6, 6.07) is 13.4. The Labute approximate surface area is 156 Å². The zero-order valence-corrected chi connectivity index (χ0v) is 15.2. The van der Waals surface area contributed by atoms with Crippen LogP contribution in [0.1, 0.15) is 17.9 Å². The number of hydrogen-bond acceptors (Lipinski definition) is 5. The molecular weight excluding hydrogens is 349 g/mol. The average Bonchev–Trinajstić information content (AvgIpc) is 3.17. The first-order chi connectivity index (χ1) is 13.0. The lowest BCUT2D eigenvalue weighted by atomic mass is 10.2. The lowest BCUT2D eigenvalue weighted by Crippen LogP contribution is -2.26. The van der Waals surface area contributed by atoms with E-state index in [-0.39, 0.29) is 18.1 Å². The fourth-order valence-corrected chi connectivity index (χ4v) is 2.57. The van der Waals surface area contributed by atoms with E-state index >= 15 is 0 Å². The van der Waals surface area contributed by atoms with Gasteiger partial charge in [0.05, 0.1) is 7.11 Å². The molecule has 0 bridgehead atoms. The van der Waals surface area contributed by atoms with Gasteiger partial charge in [0.2, 0.25) is 17.6 Å². The Balaban J connectivity index is 1.54. The molecule has 0 atom stereocenters. The Morgan fingerprint density at radius 2 is 1.85 bits per heavy atom. The molecule has 27 heavy (non-hydrogen) atoms. The van der Waals surface area contributed by atoms with E-state index in [1.807, 2.05) is 24.3 Å². The predicted molar refractivity (Wildman–Crippen MR) is 97.5 cm³/mol. The molecule has 0 aliphatic carbocycles. The van der Waals surface area contributed by atoms with Gasteiger partial charge in [0.1, 0.15) is 11.6 Å². The van der Waals surface area contributed by atoms with Crippen LogP contribution in [0.5, 0.6) is 5.75 Å². The van der Waals surface area contributed by atoms with Gasteiger partial charge < -0.3 is 14.2 Å². The first-order valence-corrected chi connectivity index (χ1v) is 8.50. The van der Waals surface area contributed by atoms with Gasteiger partial charge in [-0.1, -0.05) is 17.3 Å². The van der Waals surface area contributed by atoms with Gasteiger partial charge >= 0.3 is 0 Å². The molecular formula is C20H20FN3O3. The Hall–Kier alpha value is -3.22. The van der Waals surface area contributed by atoms with Gasteiger partial charge in [0.25, 0.3) is 0 Å². The lowest BCUT2D eigenvalue weighted by molar-refractivity contribution is -0.130. The molecule has 0 aliphatic rings. The second-order valence-corrected chi connectivity index (χ2v) is 6.12. The monoisotopic (exact) mass is 369 g/mol. The molecule has 0 radical (unpaired) electrons. The third kappa shape index (κ3) is 4.91. The number of aromatic nitrogens is 2. The summed E-state index contributed by atoms with van der Waals surface area (Å²) in [6.45, 7) is 0.417. The molecule has 6 nitrogen and oxygen atoms in total. The number of ether oxygens (including phenoxy) is 1. The van der Waals surface area contributed by atoms with Gasteiger partial charge in [-0.3, -0.25) is 4.79 Å². The van der Waals surface area contributed by atoms with Crippen LogP contribution in [0.15, 0.2) is 53.1 Å². The molecule has 3 aromatic rings. The summed E-state index contributed by atoms with van der Waals surface area (Å²) in [7, 11) is 3.31. The van der Waals surface area contributed by atoms with Gasteiger partial charge in [-0.2, -0.15) is 4.98 Å². The van der Waals surface area contributed by atoms with E-state index in [0.717, 1.165) is 16.9 Å². The summed E-state index contributed by atoms with van der Waals surface area (Å²) in [5.74, 6) is 1.28. The fourth-order valence-electron chi connectivity index (χ4n) is 2.57. The third-order valence-corrected chi connectivity index (χ3v) is 4.13. The minimum Gasteiger partial charge on any atom is -0.497 e. The molecule has 1 aromatic heterocycles. The number of methoxy groups -OCH3 is 1. The van der Waals surface area contributed by atoms with E-state index in [9.17, 15) is 9.18 Å². The van der Waals surface area contributed by atoms with E-state index in [4.69, 9.17) is 9.26 Å². The normalized spacial score (nSPS) is 10.6. The minimum absolute atomic E-state index is 0.0523. The molecule has 0 fully saturated rings. The molecule has 0 N–H and O–H groups in total. The van der Waals surface area contributed by atoms with Crippen molar-refractivity contribution in [1.29, 1.82) is 0 Å². The summed E-state index contributed by atoms with van der Waals surface area (Å²) in [5.41, 5.74) is 1.68. The van der Waals surface area contributed by atoms with Crippen molar-refractivity contribution in [1.82, 2.24) is 15.0 Å². The van der Waals surface area contributed by atoms with Gasteiger partial charge in [0, 0.05) is 32.0 Å². The Morgan fingerprint density at radius 1 is 1.15 bits per heavy atom. The van der Waals surface area contributed by atoms with Crippen molar-refractivity contribution >= 4 is 5.91 Å². The number of nitrogens with zero attached hydrogens (tertiary/aromatic N) is 3. The number of carbonyl (C=O) groups is 1. The molecule has 140 valence electrons. The number of hydrogen-bond donors (Lipinski definition) is 0. The van der Waals surface area contributed by atoms with Gasteiger partial charge in [-0.25, -0.2) is 4.39 Å². The first-order valence-electron chi connectivity index (χ1n) is 8.50. The van der Waals surface area contributed by atoms with Crippen LogP contribution in [-0.2, 0) is 17.8 Å². The molecule has 7 heteroatoms. The summed E-state index contributed by atoms with van der Waals surface area (Å²) in [5, 5.41) is 3.95. The molecule has 0 saturated carbocycles. The highest BCUT2D eigenvalue weighted by Gasteiger charge is 2.14. The Morgan fingerprint density at radius 3 is 2.52 bits per heavy atom. The number of aryl methyl sites for hydroxylation is 1. The maximum atomic E-state index is 12.9. The number of amides is 1. The van der Waals surface area contributed by atoms with E-state index in [2.05, 4.69) is 10.1 Å². The molecule has 0 aliphatic heterocycles. The zero-order valence-electron chi connectivity index (χ0n) is 15.2. The lowest BCUT2D eigenvalue weighted by Gasteiger charge is -2.16. The number of carbonyl (C=O) groups excluding carboxylic acids is 1. The quantitative estimate of drug-likeness (QED) is 0.638. The van der Waals surface area contributed by atoms with Crippen LogP contribution in [0.4, 0.5) is 4.39 Å². The van der Waals surface area contributed by atoms with Crippen molar-refractivity contribution in [2.24, 2.45) is 0 Å². The van der Waals surface area contributed by atoms with Crippen molar-refractivity contribution in [3.8, 4) is 17.1 Å². The molecule has 0 unspecified atom stereocenters. The van der Waals surface area contributed by atoms with E-state index in [1.54, 1.807) is 31.2 Å². The van der Waals surface area contributed by atoms with Crippen molar-refractivity contribution in [2.45, 2.75) is 19.4 Å². The second kappa shape index (κ2) is 8.44. The highest BCUT2D eigenvalue weighted by molar-refractivity contribution is 5.76. The molecule has 0 spiro atoms. The van der Waals surface area contributed by atoms with Crippen LogP contribution in [0.2, 0.25) is 0 Å². The van der Waals surface area contributed by atoms with Gasteiger partial charge in [-0.15, -0.1) is 0 Å². The third-order valence-electron chi connectivity index (χ3n) is 4.13. The zero-order chi connectivity index (χ0) is 19.2. The topological polar surface area (TPSA) is 68.5 Å². The van der Waals surface area contributed by atoms with Crippen LogP contribution >= 0.6 is 0 Å². The SMILES string of the molecule is COc1ccc(-c2noc(CCC(=O)N(C)Cc3ccc(F)cc3)n2)cc1.